The summed E-state index contributed by atoms with van der Waals surface area (Å²) in [5.74, 6) is -1.36. The van der Waals surface area contributed by atoms with Gasteiger partial charge in [0.1, 0.15) is 5.82 Å². The lowest BCUT2D eigenvalue weighted by atomic mass is 9.98. The predicted molar refractivity (Wildman–Crippen MR) is 103 cm³/mol. The average Bonchev–Trinajstić information content (AvgIpc) is 3.15. The fraction of sp³-hybridized carbons (Fsp3) is 0.238. The molecule has 1 amide bonds. The minimum Gasteiger partial charge on any atom is -0.331 e. The van der Waals surface area contributed by atoms with E-state index >= 15 is 0 Å². The summed E-state index contributed by atoms with van der Waals surface area (Å²) < 4.78 is 53.6. The van der Waals surface area contributed by atoms with Crippen LogP contribution in [0.3, 0.4) is 0 Å². The SMILES string of the molecule is O=C(Nc1cn(Cc2ccc(F)c(C(F)(F)F)c2)cn1)c1ccc2c(c1)CCNC2. The molecule has 5 nitrogen and oxygen atoms in total. The van der Waals surface area contributed by atoms with Crippen molar-refractivity contribution in [3.8, 4) is 0 Å². The van der Waals surface area contributed by atoms with E-state index in [0.29, 0.717) is 5.56 Å². The first-order chi connectivity index (χ1) is 14.3. The Morgan fingerprint density at radius 1 is 1.17 bits per heavy atom. The third-order valence-corrected chi connectivity index (χ3v) is 4.93. The Balaban J connectivity index is 1.45. The van der Waals surface area contributed by atoms with Crippen LogP contribution in [-0.4, -0.2) is 22.0 Å². The van der Waals surface area contributed by atoms with Crippen LogP contribution in [0, 0.1) is 5.82 Å². The molecule has 2 N–H and O–H groups in total. The second kappa shape index (κ2) is 7.91. The van der Waals surface area contributed by atoms with Crippen molar-refractivity contribution in [1.29, 1.82) is 0 Å². The van der Waals surface area contributed by atoms with E-state index < -0.39 is 17.6 Å². The van der Waals surface area contributed by atoms with Gasteiger partial charge in [-0.25, -0.2) is 9.37 Å². The van der Waals surface area contributed by atoms with Crippen molar-refractivity contribution in [2.75, 3.05) is 11.9 Å². The highest BCUT2D eigenvalue weighted by atomic mass is 19.4. The standard InChI is InChI=1S/C21H18F4N4O/c22-18-4-1-13(7-17(18)21(23,24)25)10-29-11-19(27-12-29)28-20(30)15-2-3-16-9-26-6-5-14(16)8-15/h1-4,7-8,11-12,26H,5-6,9-10H2,(H,28,30). The molecule has 0 aliphatic carbocycles. The smallest absolute Gasteiger partial charge is 0.331 e. The van der Waals surface area contributed by atoms with Gasteiger partial charge in [-0.05, 0) is 53.9 Å². The van der Waals surface area contributed by atoms with Gasteiger partial charge in [0.05, 0.1) is 11.9 Å². The molecule has 3 aromatic rings. The molecule has 0 unspecified atom stereocenters. The summed E-state index contributed by atoms with van der Waals surface area (Å²) in [5.41, 5.74) is 1.76. The second-order valence-electron chi connectivity index (χ2n) is 7.11. The number of fused-ring (bicyclic) bond motifs is 1. The van der Waals surface area contributed by atoms with E-state index in [2.05, 4.69) is 15.6 Å². The van der Waals surface area contributed by atoms with Gasteiger partial charge in [0.2, 0.25) is 0 Å². The summed E-state index contributed by atoms with van der Waals surface area (Å²) in [4.78, 5) is 16.6. The molecule has 1 aliphatic rings. The molecule has 4 rings (SSSR count). The molecule has 2 aromatic carbocycles. The minimum absolute atomic E-state index is 0.0536. The van der Waals surface area contributed by atoms with Crippen LogP contribution in [0.1, 0.15) is 32.6 Å². The maximum absolute atomic E-state index is 13.4. The Labute approximate surface area is 169 Å². The molecule has 0 radical (unpaired) electrons. The molecule has 0 spiro atoms. The number of alkyl halides is 3. The zero-order valence-electron chi connectivity index (χ0n) is 15.8. The van der Waals surface area contributed by atoms with E-state index in [-0.39, 0.29) is 23.8 Å². The number of anilines is 1. The molecule has 1 aliphatic heterocycles. The van der Waals surface area contributed by atoms with Gasteiger partial charge >= 0.3 is 6.18 Å². The van der Waals surface area contributed by atoms with E-state index in [9.17, 15) is 22.4 Å². The molecule has 9 heteroatoms. The maximum Gasteiger partial charge on any atom is 0.419 e. The maximum atomic E-state index is 13.4. The number of halogens is 4. The van der Waals surface area contributed by atoms with Crippen molar-refractivity contribution in [3.05, 3.63) is 82.6 Å². The van der Waals surface area contributed by atoms with Crippen molar-refractivity contribution in [1.82, 2.24) is 14.9 Å². The fourth-order valence-electron chi connectivity index (χ4n) is 3.42. The Hall–Kier alpha value is -3.20. The lowest BCUT2D eigenvalue weighted by Gasteiger charge is -2.17. The van der Waals surface area contributed by atoms with Gasteiger partial charge in [0, 0.05) is 24.8 Å². The van der Waals surface area contributed by atoms with Gasteiger partial charge < -0.3 is 15.2 Å². The number of carbonyl (C=O) groups is 1. The molecule has 0 saturated carbocycles. The molecule has 0 atom stereocenters. The lowest BCUT2D eigenvalue weighted by molar-refractivity contribution is -0.140. The number of nitrogens with one attached hydrogen (secondary N) is 2. The van der Waals surface area contributed by atoms with Crippen LogP contribution in [0.2, 0.25) is 0 Å². The number of rotatable bonds is 4. The first-order valence-electron chi connectivity index (χ1n) is 9.31. The largest absolute Gasteiger partial charge is 0.419 e. The fourth-order valence-corrected chi connectivity index (χ4v) is 3.42. The van der Waals surface area contributed by atoms with Gasteiger partial charge in [-0.3, -0.25) is 4.79 Å². The second-order valence-corrected chi connectivity index (χ2v) is 7.11. The summed E-state index contributed by atoms with van der Waals surface area (Å²) in [6.07, 6.45) is -1.01. The number of hydrogen-bond acceptors (Lipinski definition) is 3. The van der Waals surface area contributed by atoms with Gasteiger partial charge in [0.15, 0.2) is 5.82 Å². The van der Waals surface area contributed by atoms with Gasteiger partial charge in [-0.2, -0.15) is 13.2 Å². The topological polar surface area (TPSA) is 59.0 Å². The summed E-state index contributed by atoms with van der Waals surface area (Å²) in [7, 11) is 0. The van der Waals surface area contributed by atoms with Crippen LogP contribution in [0.25, 0.3) is 0 Å². The Morgan fingerprint density at radius 2 is 2.00 bits per heavy atom. The Kier molecular flexibility index (Phi) is 5.29. The molecule has 0 bridgehead atoms. The highest BCUT2D eigenvalue weighted by molar-refractivity contribution is 6.03. The van der Waals surface area contributed by atoms with Gasteiger partial charge in [0.25, 0.3) is 5.91 Å². The molecule has 2 heterocycles. The molecule has 30 heavy (non-hydrogen) atoms. The highest BCUT2D eigenvalue weighted by Gasteiger charge is 2.34. The zero-order chi connectivity index (χ0) is 21.3. The van der Waals surface area contributed by atoms with Crippen molar-refractivity contribution >= 4 is 11.7 Å². The number of nitrogens with zero attached hydrogens (tertiary/aromatic N) is 2. The van der Waals surface area contributed by atoms with E-state index in [4.69, 9.17) is 0 Å². The molecule has 1 aromatic heterocycles. The minimum atomic E-state index is -4.76. The van der Waals surface area contributed by atoms with E-state index in [1.807, 2.05) is 12.1 Å². The summed E-state index contributed by atoms with van der Waals surface area (Å²) in [6, 6.07) is 8.38. The van der Waals surface area contributed by atoms with Crippen molar-refractivity contribution in [3.63, 3.8) is 0 Å². The number of carbonyl (C=O) groups excluding carboxylic acids is 1. The highest BCUT2D eigenvalue weighted by Crippen LogP contribution is 2.32. The monoisotopic (exact) mass is 418 g/mol. The van der Waals surface area contributed by atoms with Gasteiger partial charge in [-0.1, -0.05) is 12.1 Å². The number of hydrogen-bond donors (Lipinski definition) is 2. The number of aromatic nitrogens is 2. The van der Waals surface area contributed by atoms with Crippen molar-refractivity contribution in [2.24, 2.45) is 0 Å². The number of imidazole rings is 1. The quantitative estimate of drug-likeness (QED) is 0.630. The van der Waals surface area contributed by atoms with E-state index in [1.54, 1.807) is 6.07 Å². The summed E-state index contributed by atoms with van der Waals surface area (Å²) in [5, 5.41) is 5.96. The Morgan fingerprint density at radius 3 is 2.80 bits per heavy atom. The van der Waals surface area contributed by atoms with Crippen LogP contribution in [0.15, 0.2) is 48.9 Å². The Bertz CT molecular complexity index is 1090. The summed E-state index contributed by atoms with van der Waals surface area (Å²) in [6.45, 7) is 1.70. The van der Waals surface area contributed by atoms with E-state index in [0.717, 1.165) is 37.2 Å². The van der Waals surface area contributed by atoms with Crippen LogP contribution in [-0.2, 0) is 25.7 Å². The molecule has 156 valence electrons. The zero-order valence-corrected chi connectivity index (χ0v) is 15.8. The van der Waals surface area contributed by atoms with Crippen LogP contribution < -0.4 is 10.6 Å². The average molecular weight is 418 g/mol. The van der Waals surface area contributed by atoms with Crippen LogP contribution in [0.4, 0.5) is 23.4 Å². The lowest BCUT2D eigenvalue weighted by Crippen LogP contribution is -2.24. The first kappa shape index (κ1) is 20.1. The normalized spacial score (nSPS) is 13.7. The van der Waals surface area contributed by atoms with Gasteiger partial charge in [-0.15, -0.1) is 0 Å². The number of amides is 1. The summed E-state index contributed by atoms with van der Waals surface area (Å²) >= 11 is 0. The van der Waals surface area contributed by atoms with Crippen molar-refractivity contribution < 1.29 is 22.4 Å². The van der Waals surface area contributed by atoms with E-state index in [1.165, 1.54) is 28.7 Å². The van der Waals surface area contributed by atoms with Crippen LogP contribution >= 0.6 is 0 Å². The molecule has 0 saturated heterocycles. The molecular formula is C21H18F4N4O. The third kappa shape index (κ3) is 4.35. The first-order valence-corrected chi connectivity index (χ1v) is 9.31. The van der Waals surface area contributed by atoms with Crippen molar-refractivity contribution in [2.45, 2.75) is 25.7 Å². The molecular weight excluding hydrogens is 400 g/mol. The molecule has 0 fully saturated rings. The van der Waals surface area contributed by atoms with Crippen LogP contribution in [0.5, 0.6) is 0 Å². The predicted octanol–water partition coefficient (Wildman–Crippen LogP) is 3.99. The number of benzene rings is 2. The third-order valence-electron chi connectivity index (χ3n) is 4.93.